The first kappa shape index (κ1) is 20.3. The lowest BCUT2D eigenvalue weighted by atomic mass is 10.0. The first-order valence-corrected chi connectivity index (χ1v) is 11.0. The fourth-order valence-corrected chi connectivity index (χ4v) is 5.17. The van der Waals surface area contributed by atoms with Gasteiger partial charge in [-0.2, -0.15) is 20.7 Å². The molecule has 1 atom stereocenters. The van der Waals surface area contributed by atoms with Crippen molar-refractivity contribution in [3.8, 4) is 29.1 Å². The fourth-order valence-electron chi connectivity index (χ4n) is 5.17. The van der Waals surface area contributed by atoms with Crippen molar-refractivity contribution in [3.05, 3.63) is 35.9 Å². The molecule has 2 fully saturated rings. The third kappa shape index (κ3) is 3.35. The number of piperidine rings is 1. The van der Waals surface area contributed by atoms with Crippen LogP contribution in [0.2, 0.25) is 0 Å². The van der Waals surface area contributed by atoms with Crippen LogP contribution in [0.4, 0.5) is 0 Å². The quantitative estimate of drug-likeness (QED) is 0.587. The number of ether oxygens (including phenoxy) is 1. The maximum absolute atomic E-state index is 9.34. The summed E-state index contributed by atoms with van der Waals surface area (Å²) < 4.78 is 9.42. The summed E-state index contributed by atoms with van der Waals surface area (Å²) in [5.41, 5.74) is 4.30. The molecule has 0 bridgehead atoms. The van der Waals surface area contributed by atoms with E-state index in [4.69, 9.17) is 15.1 Å². The number of hydrogen-bond acceptors (Lipinski definition) is 7. The van der Waals surface area contributed by atoms with Crippen molar-refractivity contribution >= 4 is 5.52 Å². The Morgan fingerprint density at radius 3 is 2.53 bits per heavy atom. The third-order valence-corrected chi connectivity index (χ3v) is 6.94. The summed E-state index contributed by atoms with van der Waals surface area (Å²) in [4.78, 5) is 4.40. The van der Waals surface area contributed by atoms with Gasteiger partial charge in [0.2, 0.25) is 0 Å². The Morgan fingerprint density at radius 2 is 1.84 bits per heavy atom. The van der Waals surface area contributed by atoms with Crippen LogP contribution in [0.15, 0.2) is 24.7 Å². The van der Waals surface area contributed by atoms with E-state index in [2.05, 4.69) is 33.9 Å². The van der Waals surface area contributed by atoms with Gasteiger partial charge in [0.05, 0.1) is 25.5 Å². The minimum absolute atomic E-state index is 0.369. The minimum Gasteiger partial charge on any atom is -0.494 e. The fraction of sp³-hybridized carbons (Fsp3) is 0.478. The predicted molar refractivity (Wildman–Crippen MR) is 118 cm³/mol. The van der Waals surface area contributed by atoms with Crippen LogP contribution in [0.5, 0.6) is 5.75 Å². The topological polar surface area (TPSA) is 98.4 Å². The van der Waals surface area contributed by atoms with Gasteiger partial charge < -0.3 is 9.64 Å². The molecule has 2 aliphatic rings. The second kappa shape index (κ2) is 8.18. The van der Waals surface area contributed by atoms with Crippen molar-refractivity contribution in [2.75, 3.05) is 33.3 Å². The first-order chi connectivity index (χ1) is 15.6. The van der Waals surface area contributed by atoms with E-state index in [0.29, 0.717) is 28.9 Å². The highest BCUT2D eigenvalue weighted by atomic mass is 16.5. The molecule has 2 saturated heterocycles. The van der Waals surface area contributed by atoms with E-state index in [1.807, 2.05) is 23.4 Å². The molecule has 0 N–H and O–H groups in total. The summed E-state index contributed by atoms with van der Waals surface area (Å²) in [7, 11) is 1.61. The summed E-state index contributed by atoms with van der Waals surface area (Å²) in [5.74, 6) is 0.625. The Hall–Kier alpha value is -3.56. The molecule has 3 aromatic rings. The number of rotatable bonds is 4. The van der Waals surface area contributed by atoms with Gasteiger partial charge in [-0.1, -0.05) is 0 Å². The molecule has 164 valence electrons. The molecule has 3 aromatic heterocycles. The zero-order valence-corrected chi connectivity index (χ0v) is 18.4. The smallest absolute Gasteiger partial charge is 0.179 e. The number of fused-ring (bicyclic) bond motifs is 1. The van der Waals surface area contributed by atoms with E-state index in [1.165, 1.54) is 0 Å². The molecular weight excluding hydrogens is 404 g/mol. The molecule has 0 spiro atoms. The van der Waals surface area contributed by atoms with Crippen LogP contribution < -0.4 is 4.74 Å². The zero-order chi connectivity index (χ0) is 22.2. The molecule has 5 rings (SSSR count). The van der Waals surface area contributed by atoms with E-state index < -0.39 is 0 Å². The maximum Gasteiger partial charge on any atom is 0.179 e. The van der Waals surface area contributed by atoms with Crippen molar-refractivity contribution in [2.45, 2.75) is 38.3 Å². The first-order valence-electron chi connectivity index (χ1n) is 11.0. The Bertz CT molecular complexity index is 1220. The van der Waals surface area contributed by atoms with E-state index >= 15 is 0 Å². The summed E-state index contributed by atoms with van der Waals surface area (Å²) in [6.45, 7) is 5.91. The van der Waals surface area contributed by atoms with Gasteiger partial charge in [0.1, 0.15) is 22.9 Å². The van der Waals surface area contributed by atoms with E-state index in [9.17, 15) is 5.26 Å². The van der Waals surface area contributed by atoms with Crippen LogP contribution >= 0.6 is 0 Å². The van der Waals surface area contributed by atoms with Crippen molar-refractivity contribution in [1.82, 2.24) is 29.2 Å². The number of likely N-dealkylation sites (tertiary alicyclic amines) is 2. The average molecular weight is 431 g/mol. The largest absolute Gasteiger partial charge is 0.494 e. The Labute approximate surface area is 187 Å². The summed E-state index contributed by atoms with van der Waals surface area (Å²) >= 11 is 0. The standard InChI is InChI=1S/C23H26N8O/c1-16-21(17-9-22(32-2)23-18(10-24)11-26-30(23)13-17)12-27-31(16)19-4-7-29(8-5-19)20-3-6-28(14-20)15-25/h9,11-13,19-20H,3-8,14H2,1-2H3/t20-/m1/s1. The van der Waals surface area contributed by atoms with Gasteiger partial charge in [0, 0.05) is 55.2 Å². The van der Waals surface area contributed by atoms with Crippen LogP contribution in [0.3, 0.4) is 0 Å². The van der Waals surface area contributed by atoms with Crippen LogP contribution in [-0.2, 0) is 0 Å². The number of hydrogen-bond donors (Lipinski definition) is 0. The van der Waals surface area contributed by atoms with Crippen LogP contribution in [-0.4, -0.2) is 68.5 Å². The van der Waals surface area contributed by atoms with E-state index in [-0.39, 0.29) is 0 Å². The molecule has 9 nitrogen and oxygen atoms in total. The molecule has 0 aromatic carbocycles. The lowest BCUT2D eigenvalue weighted by Crippen LogP contribution is -2.43. The summed E-state index contributed by atoms with van der Waals surface area (Å²) in [6, 6.07) is 4.99. The molecule has 0 amide bonds. The predicted octanol–water partition coefficient (Wildman–Crippen LogP) is 2.58. The van der Waals surface area contributed by atoms with Crippen molar-refractivity contribution in [3.63, 3.8) is 0 Å². The molecule has 0 radical (unpaired) electrons. The second-order valence-electron chi connectivity index (χ2n) is 8.60. The van der Waals surface area contributed by atoms with Gasteiger partial charge in [0.15, 0.2) is 6.19 Å². The average Bonchev–Trinajstić information content (AvgIpc) is 3.56. The van der Waals surface area contributed by atoms with Gasteiger partial charge in [0.25, 0.3) is 0 Å². The van der Waals surface area contributed by atoms with Gasteiger partial charge in [-0.05, 0) is 32.3 Å². The summed E-state index contributed by atoms with van der Waals surface area (Å²) in [6.07, 6.45) is 10.9. The van der Waals surface area contributed by atoms with Crippen LogP contribution in [0, 0.1) is 29.7 Å². The molecule has 2 aliphatic heterocycles. The molecule has 32 heavy (non-hydrogen) atoms. The molecule has 0 unspecified atom stereocenters. The minimum atomic E-state index is 0.369. The number of pyridine rings is 1. The number of nitriles is 2. The van der Waals surface area contributed by atoms with E-state index in [0.717, 1.165) is 62.3 Å². The lowest BCUT2D eigenvalue weighted by Gasteiger charge is -2.36. The van der Waals surface area contributed by atoms with Crippen molar-refractivity contribution < 1.29 is 4.74 Å². The van der Waals surface area contributed by atoms with Crippen LogP contribution in [0.25, 0.3) is 16.6 Å². The van der Waals surface area contributed by atoms with Crippen molar-refractivity contribution in [2.24, 2.45) is 0 Å². The normalized spacial score (nSPS) is 19.9. The lowest BCUT2D eigenvalue weighted by molar-refractivity contribution is 0.134. The highest BCUT2D eigenvalue weighted by molar-refractivity contribution is 5.75. The van der Waals surface area contributed by atoms with Gasteiger partial charge in [-0.15, -0.1) is 0 Å². The highest BCUT2D eigenvalue weighted by Gasteiger charge is 2.31. The molecular formula is C23H26N8O. The SMILES string of the molecule is COc1cc(-c2cnn(C3CCN([C@@H]4CCN(C#N)C4)CC3)c2C)cn2ncc(C#N)c12. The van der Waals surface area contributed by atoms with Crippen LogP contribution in [0.1, 0.15) is 36.6 Å². The summed E-state index contributed by atoms with van der Waals surface area (Å²) in [5, 5.41) is 27.5. The Morgan fingerprint density at radius 1 is 1.06 bits per heavy atom. The number of aromatic nitrogens is 4. The molecule has 0 saturated carbocycles. The number of nitrogens with zero attached hydrogens (tertiary/aromatic N) is 8. The van der Waals surface area contributed by atoms with Gasteiger partial charge in [-0.25, -0.2) is 4.52 Å². The molecule has 5 heterocycles. The maximum atomic E-state index is 9.34. The van der Waals surface area contributed by atoms with E-state index in [1.54, 1.807) is 17.8 Å². The third-order valence-electron chi connectivity index (χ3n) is 6.94. The zero-order valence-electron chi connectivity index (χ0n) is 18.4. The number of methoxy groups -OCH3 is 1. The Balaban J connectivity index is 1.36. The second-order valence-corrected chi connectivity index (χ2v) is 8.60. The van der Waals surface area contributed by atoms with Gasteiger partial charge >= 0.3 is 0 Å². The van der Waals surface area contributed by atoms with Gasteiger partial charge in [-0.3, -0.25) is 9.58 Å². The highest BCUT2D eigenvalue weighted by Crippen LogP contribution is 2.34. The molecule has 9 heteroatoms. The Kier molecular flexibility index (Phi) is 5.20. The molecule has 0 aliphatic carbocycles. The van der Waals surface area contributed by atoms with Crippen molar-refractivity contribution in [1.29, 1.82) is 10.5 Å². The monoisotopic (exact) mass is 430 g/mol.